The minimum absolute atomic E-state index is 0. The van der Waals surface area contributed by atoms with E-state index in [2.05, 4.69) is 27.7 Å². The van der Waals surface area contributed by atoms with E-state index in [4.69, 9.17) is 0 Å². The summed E-state index contributed by atoms with van der Waals surface area (Å²) >= 11 is 0. The molecule has 0 saturated heterocycles. The van der Waals surface area contributed by atoms with Crippen LogP contribution in [-0.4, -0.2) is 30.7 Å². The highest BCUT2D eigenvalue weighted by atomic mass is 79.9. The van der Waals surface area contributed by atoms with Crippen LogP contribution in [-0.2, 0) is 0 Å². The normalized spacial score (nSPS) is 11.6. The van der Waals surface area contributed by atoms with Crippen LogP contribution < -0.4 is 17.0 Å². The molecule has 0 rings (SSSR count). The van der Waals surface area contributed by atoms with Gasteiger partial charge in [0.1, 0.15) is 0 Å². The molecule has 0 fully saturated rings. The zero-order chi connectivity index (χ0) is 20.1. The highest BCUT2D eigenvalue weighted by molar-refractivity contribution is 4.53. The zero-order valence-electron chi connectivity index (χ0n) is 20.4. The molecule has 1 nitrogen and oxygen atoms in total. The molecule has 0 radical (unpaired) electrons. The summed E-state index contributed by atoms with van der Waals surface area (Å²) in [4.78, 5) is 0. The summed E-state index contributed by atoms with van der Waals surface area (Å²) < 4.78 is 1.45. The number of rotatable bonds is 22. The molecule has 0 unspecified atom stereocenters. The molecule has 0 bridgehead atoms. The van der Waals surface area contributed by atoms with E-state index in [-0.39, 0.29) is 17.0 Å². The van der Waals surface area contributed by atoms with Crippen LogP contribution in [0, 0.1) is 0 Å². The van der Waals surface area contributed by atoms with Crippen LogP contribution in [0.1, 0.15) is 143 Å². The summed E-state index contributed by atoms with van der Waals surface area (Å²) in [5.41, 5.74) is 0. The molecule has 28 heavy (non-hydrogen) atoms. The molecule has 0 N–H and O–H groups in total. The van der Waals surface area contributed by atoms with Crippen molar-refractivity contribution in [2.45, 2.75) is 143 Å². The van der Waals surface area contributed by atoms with Gasteiger partial charge in [-0.05, 0) is 51.4 Å². The number of hydrogen-bond acceptors (Lipinski definition) is 0. The molecule has 2 heteroatoms. The van der Waals surface area contributed by atoms with Gasteiger partial charge in [-0.25, -0.2) is 0 Å². The highest BCUT2D eigenvalue weighted by Crippen LogP contribution is 2.19. The lowest BCUT2D eigenvalue weighted by Crippen LogP contribution is -3.00. The molecule has 0 aromatic heterocycles. The predicted octanol–water partition coefficient (Wildman–Crippen LogP) is 5.91. The maximum Gasteiger partial charge on any atom is 0.0786 e. The maximum atomic E-state index is 2.35. The molecular formula is C26H56BrN. The van der Waals surface area contributed by atoms with Crippen LogP contribution in [0.5, 0.6) is 0 Å². The van der Waals surface area contributed by atoms with Crippen molar-refractivity contribution in [3.05, 3.63) is 0 Å². The molecule has 0 atom stereocenters. The second-order valence-corrected chi connectivity index (χ2v) is 9.19. The fourth-order valence-electron chi connectivity index (χ4n) is 4.52. The van der Waals surface area contributed by atoms with Gasteiger partial charge in [0.2, 0.25) is 0 Å². The van der Waals surface area contributed by atoms with E-state index in [0.29, 0.717) is 0 Å². The number of halogens is 1. The van der Waals surface area contributed by atoms with Crippen molar-refractivity contribution >= 4 is 0 Å². The van der Waals surface area contributed by atoms with Crippen molar-refractivity contribution in [1.82, 2.24) is 0 Å². The lowest BCUT2D eigenvalue weighted by Gasteiger charge is -2.39. The van der Waals surface area contributed by atoms with Gasteiger partial charge in [-0.3, -0.25) is 0 Å². The third-order valence-electron chi connectivity index (χ3n) is 6.44. The number of unbranched alkanes of at least 4 members (excludes halogenated alkanes) is 14. The van der Waals surface area contributed by atoms with Crippen molar-refractivity contribution < 1.29 is 21.5 Å². The molecule has 0 aliphatic rings. The predicted molar refractivity (Wildman–Crippen MR) is 126 cm³/mol. The first kappa shape index (κ1) is 30.6. The van der Waals surface area contributed by atoms with Crippen LogP contribution in [0.4, 0.5) is 0 Å². The molecule has 0 heterocycles. The minimum atomic E-state index is 0. The van der Waals surface area contributed by atoms with E-state index >= 15 is 0 Å². The molecule has 0 aliphatic carbocycles. The van der Waals surface area contributed by atoms with E-state index in [9.17, 15) is 0 Å². The lowest BCUT2D eigenvalue weighted by atomic mass is 10.1. The second-order valence-electron chi connectivity index (χ2n) is 9.19. The third kappa shape index (κ3) is 18.5. The van der Waals surface area contributed by atoms with E-state index in [1.807, 2.05) is 0 Å². The first-order chi connectivity index (χ1) is 13.2. The average molecular weight is 463 g/mol. The number of hydrogen-bond donors (Lipinski definition) is 0. The van der Waals surface area contributed by atoms with Gasteiger partial charge in [0.25, 0.3) is 0 Å². The second kappa shape index (κ2) is 23.7. The monoisotopic (exact) mass is 461 g/mol. The van der Waals surface area contributed by atoms with Crippen molar-refractivity contribution in [2.24, 2.45) is 0 Å². The number of quaternary nitrogens is 1. The summed E-state index contributed by atoms with van der Waals surface area (Å²) in [6, 6.07) is 0. The zero-order valence-corrected chi connectivity index (χ0v) is 22.0. The smallest absolute Gasteiger partial charge is 0.0786 e. The van der Waals surface area contributed by atoms with E-state index in [0.717, 1.165) is 0 Å². The summed E-state index contributed by atoms with van der Waals surface area (Å²) in [5, 5.41) is 0. The van der Waals surface area contributed by atoms with Gasteiger partial charge in [-0.2, -0.15) is 0 Å². The van der Waals surface area contributed by atoms with Gasteiger partial charge in [0.05, 0.1) is 26.2 Å². The Morgan fingerprint density at radius 2 is 0.536 bits per heavy atom. The summed E-state index contributed by atoms with van der Waals surface area (Å²) in [5.74, 6) is 0. The van der Waals surface area contributed by atoms with Crippen LogP contribution >= 0.6 is 0 Å². The SMILES string of the molecule is CCCCCCCCCCC[N+](CCCCC)(CCCCC)CCCCC.[Br-]. The average Bonchev–Trinajstić information content (AvgIpc) is 2.67. The summed E-state index contributed by atoms with van der Waals surface area (Å²) in [7, 11) is 0. The molecule has 172 valence electrons. The van der Waals surface area contributed by atoms with Gasteiger partial charge in [-0.1, -0.05) is 91.9 Å². The van der Waals surface area contributed by atoms with Crippen LogP contribution in [0.2, 0.25) is 0 Å². The Hall–Kier alpha value is 0.440. The third-order valence-corrected chi connectivity index (χ3v) is 6.44. The fraction of sp³-hybridized carbons (Fsp3) is 1.00. The van der Waals surface area contributed by atoms with Crippen molar-refractivity contribution in [3.63, 3.8) is 0 Å². The Morgan fingerprint density at radius 3 is 0.857 bits per heavy atom. The van der Waals surface area contributed by atoms with E-state index < -0.39 is 0 Å². The number of nitrogens with zero attached hydrogens (tertiary/aromatic N) is 1. The van der Waals surface area contributed by atoms with Gasteiger partial charge >= 0.3 is 0 Å². The highest BCUT2D eigenvalue weighted by Gasteiger charge is 2.25. The Morgan fingerprint density at radius 1 is 0.321 bits per heavy atom. The van der Waals surface area contributed by atoms with Gasteiger partial charge in [0, 0.05) is 0 Å². The largest absolute Gasteiger partial charge is 1.00 e. The first-order valence-electron chi connectivity index (χ1n) is 13.1. The van der Waals surface area contributed by atoms with Gasteiger partial charge in [-0.15, -0.1) is 0 Å². The molecule has 0 aliphatic heterocycles. The topological polar surface area (TPSA) is 0 Å². The molecule has 0 aromatic rings. The Kier molecular flexibility index (Phi) is 25.9. The van der Waals surface area contributed by atoms with Crippen LogP contribution in [0.3, 0.4) is 0 Å². The standard InChI is InChI=1S/C26H56N.BrH/c1-5-9-13-14-15-16-17-18-22-26-27(23-19-10-6-2,24-20-11-7-3)25-21-12-8-4;/h5-26H2,1-4H3;1H/q+1;/p-1. The van der Waals surface area contributed by atoms with Gasteiger partial charge in [0.15, 0.2) is 0 Å². The van der Waals surface area contributed by atoms with Crippen molar-refractivity contribution in [1.29, 1.82) is 0 Å². The van der Waals surface area contributed by atoms with Crippen molar-refractivity contribution in [2.75, 3.05) is 26.2 Å². The Bertz CT molecular complexity index is 253. The Labute approximate surface area is 190 Å². The maximum absolute atomic E-state index is 2.35. The molecule has 0 spiro atoms. The summed E-state index contributed by atoms with van der Waals surface area (Å²) in [6.45, 7) is 15.2. The molecule has 0 amide bonds. The van der Waals surface area contributed by atoms with E-state index in [1.165, 1.54) is 146 Å². The molecule has 0 saturated carbocycles. The van der Waals surface area contributed by atoms with Crippen molar-refractivity contribution in [3.8, 4) is 0 Å². The van der Waals surface area contributed by atoms with E-state index in [1.54, 1.807) is 0 Å². The Balaban J connectivity index is 0. The molecular weight excluding hydrogens is 406 g/mol. The van der Waals surface area contributed by atoms with Gasteiger partial charge < -0.3 is 21.5 Å². The summed E-state index contributed by atoms with van der Waals surface area (Å²) in [6.07, 6.45) is 25.8. The van der Waals surface area contributed by atoms with Crippen LogP contribution in [0.15, 0.2) is 0 Å². The fourth-order valence-corrected chi connectivity index (χ4v) is 4.52. The molecule has 0 aromatic carbocycles. The quantitative estimate of drug-likeness (QED) is 0.139. The first-order valence-corrected chi connectivity index (χ1v) is 13.1. The minimum Gasteiger partial charge on any atom is -1.00 e. The lowest BCUT2D eigenvalue weighted by molar-refractivity contribution is -0.929. The van der Waals surface area contributed by atoms with Crippen LogP contribution in [0.25, 0.3) is 0 Å².